The lowest BCUT2D eigenvalue weighted by Gasteiger charge is -2.24. The van der Waals surface area contributed by atoms with Crippen LogP contribution in [-0.4, -0.2) is 40.7 Å². The number of amides is 2. The first-order valence-corrected chi connectivity index (χ1v) is 11.9. The number of rotatable bonds is 8. The van der Waals surface area contributed by atoms with E-state index >= 15 is 0 Å². The third kappa shape index (κ3) is 9.70. The molecule has 0 unspecified atom stereocenters. The lowest BCUT2D eigenvalue weighted by atomic mass is 9.98. The van der Waals surface area contributed by atoms with Gasteiger partial charge in [-0.1, -0.05) is 36.4 Å². The fourth-order valence-corrected chi connectivity index (χ4v) is 3.95. The second-order valence-corrected chi connectivity index (χ2v) is 10.9. The van der Waals surface area contributed by atoms with Crippen molar-refractivity contribution in [2.45, 2.75) is 70.0 Å². The molecule has 2 amide bonds. The number of nitrogens with one attached hydrogen (secondary N) is 2. The highest BCUT2D eigenvalue weighted by Crippen LogP contribution is 2.20. The highest BCUT2D eigenvalue weighted by molar-refractivity contribution is 7.99. The molecule has 0 aromatic heterocycles. The highest BCUT2D eigenvalue weighted by atomic mass is 32.2. The summed E-state index contributed by atoms with van der Waals surface area (Å²) in [5.74, 6) is -0.0835. The Morgan fingerprint density at radius 1 is 0.909 bits per heavy atom. The van der Waals surface area contributed by atoms with E-state index in [1.165, 1.54) is 11.8 Å². The zero-order chi connectivity index (χ0) is 24.6. The van der Waals surface area contributed by atoms with E-state index in [4.69, 9.17) is 4.74 Å². The van der Waals surface area contributed by atoms with Crippen molar-refractivity contribution >= 4 is 29.5 Å². The van der Waals surface area contributed by atoms with E-state index in [2.05, 4.69) is 10.6 Å². The Balaban J connectivity index is 2.20. The molecule has 0 bridgehead atoms. The van der Waals surface area contributed by atoms with E-state index in [9.17, 15) is 14.4 Å². The molecule has 2 aromatic rings. The van der Waals surface area contributed by atoms with Crippen molar-refractivity contribution < 1.29 is 19.1 Å². The zero-order valence-corrected chi connectivity index (χ0v) is 21.0. The van der Waals surface area contributed by atoms with E-state index in [0.717, 1.165) is 4.90 Å². The Morgan fingerprint density at radius 3 is 2.12 bits per heavy atom. The predicted molar refractivity (Wildman–Crippen MR) is 133 cm³/mol. The van der Waals surface area contributed by atoms with Crippen LogP contribution >= 0.6 is 11.8 Å². The third-order valence-corrected chi connectivity index (χ3v) is 5.46. The first kappa shape index (κ1) is 26.5. The minimum absolute atomic E-state index is 0.0174. The largest absolute Gasteiger partial charge is 0.444 e. The van der Waals surface area contributed by atoms with Gasteiger partial charge in [0, 0.05) is 28.2 Å². The molecule has 6 nitrogen and oxygen atoms in total. The number of carbonyl (C=O) groups is 3. The molecule has 0 saturated carbocycles. The molecule has 33 heavy (non-hydrogen) atoms. The fourth-order valence-electron chi connectivity index (χ4n) is 2.98. The van der Waals surface area contributed by atoms with Crippen molar-refractivity contribution in [2.24, 2.45) is 0 Å². The van der Waals surface area contributed by atoms with Gasteiger partial charge in [0.1, 0.15) is 11.6 Å². The minimum Gasteiger partial charge on any atom is -0.444 e. The van der Waals surface area contributed by atoms with Gasteiger partial charge in [-0.25, -0.2) is 4.79 Å². The van der Waals surface area contributed by atoms with Gasteiger partial charge in [0.25, 0.3) is 5.91 Å². The maximum atomic E-state index is 13.3. The zero-order valence-electron chi connectivity index (χ0n) is 20.2. The van der Waals surface area contributed by atoms with Crippen LogP contribution in [0.5, 0.6) is 0 Å². The summed E-state index contributed by atoms with van der Waals surface area (Å²) in [5, 5.41) is 5.66. The molecule has 0 saturated heterocycles. The summed E-state index contributed by atoms with van der Waals surface area (Å²) >= 11 is 1.48. The van der Waals surface area contributed by atoms with E-state index in [1.807, 2.05) is 51.1 Å². The molecule has 2 aromatic carbocycles. The van der Waals surface area contributed by atoms with Crippen molar-refractivity contribution in [2.75, 3.05) is 5.75 Å². The van der Waals surface area contributed by atoms with Crippen LogP contribution in [0.15, 0.2) is 59.5 Å². The molecule has 0 fully saturated rings. The maximum Gasteiger partial charge on any atom is 0.408 e. The topological polar surface area (TPSA) is 84.5 Å². The second-order valence-electron chi connectivity index (χ2n) is 9.83. The summed E-state index contributed by atoms with van der Waals surface area (Å²) in [7, 11) is 0. The van der Waals surface area contributed by atoms with Gasteiger partial charge in [0.15, 0.2) is 5.78 Å². The molecule has 178 valence electrons. The summed E-state index contributed by atoms with van der Waals surface area (Å²) in [6.07, 6.45) is -0.628. The van der Waals surface area contributed by atoms with Gasteiger partial charge in [0.2, 0.25) is 0 Å². The van der Waals surface area contributed by atoms with Crippen LogP contribution in [-0.2, 0) is 16.0 Å². The van der Waals surface area contributed by atoms with Crippen LogP contribution in [0.3, 0.4) is 0 Å². The van der Waals surface area contributed by atoms with Gasteiger partial charge < -0.3 is 15.4 Å². The van der Waals surface area contributed by atoms with Crippen LogP contribution in [0, 0.1) is 0 Å². The van der Waals surface area contributed by atoms with Crippen LogP contribution in [0.1, 0.15) is 57.5 Å². The Hall–Kier alpha value is -2.80. The number of benzene rings is 2. The third-order valence-electron chi connectivity index (χ3n) is 4.35. The summed E-state index contributed by atoms with van der Waals surface area (Å²) in [6.45, 7) is 11.0. The average molecular weight is 471 g/mol. The van der Waals surface area contributed by atoms with Crippen molar-refractivity contribution in [1.82, 2.24) is 10.6 Å². The van der Waals surface area contributed by atoms with Gasteiger partial charge in [-0.3, -0.25) is 9.59 Å². The normalized spacial score (nSPS) is 12.5. The van der Waals surface area contributed by atoms with Crippen molar-refractivity contribution in [3.05, 3.63) is 65.7 Å². The van der Waals surface area contributed by atoms with Crippen molar-refractivity contribution in [3.8, 4) is 0 Å². The van der Waals surface area contributed by atoms with E-state index in [-0.39, 0.29) is 18.1 Å². The first-order chi connectivity index (χ1) is 15.3. The minimum atomic E-state index is -0.774. The van der Waals surface area contributed by atoms with Gasteiger partial charge in [-0.15, -0.1) is 11.8 Å². The molecular weight excluding hydrogens is 436 g/mol. The van der Waals surface area contributed by atoms with Gasteiger partial charge in [-0.05, 0) is 65.3 Å². The van der Waals surface area contributed by atoms with Crippen LogP contribution in [0.25, 0.3) is 0 Å². The molecule has 1 atom stereocenters. The molecule has 2 N–H and O–H groups in total. The fraction of sp³-hybridized carbons (Fsp3) is 0.423. The molecule has 0 aliphatic heterocycles. The number of ketones is 1. The maximum absolute atomic E-state index is 13.3. The summed E-state index contributed by atoms with van der Waals surface area (Å²) in [6, 6.07) is 15.9. The van der Waals surface area contributed by atoms with Gasteiger partial charge in [0.05, 0.1) is 0 Å². The van der Waals surface area contributed by atoms with E-state index in [0.29, 0.717) is 16.9 Å². The molecule has 2 rings (SSSR count). The first-order valence-electron chi connectivity index (χ1n) is 10.9. The lowest BCUT2D eigenvalue weighted by Crippen LogP contribution is -2.46. The number of alkyl carbamates (subject to hydrolysis) is 1. The molecule has 0 heterocycles. The monoisotopic (exact) mass is 470 g/mol. The Bertz CT molecular complexity index is 962. The van der Waals surface area contributed by atoms with Crippen LogP contribution in [0.4, 0.5) is 4.79 Å². The van der Waals surface area contributed by atoms with Crippen LogP contribution < -0.4 is 10.6 Å². The smallest absolute Gasteiger partial charge is 0.408 e. The summed E-state index contributed by atoms with van der Waals surface area (Å²) in [5.41, 5.74) is -0.0130. The molecule has 0 aliphatic rings. The SMILES string of the molecule is CC(C)(C)NC(=O)c1ccccc1CC(=O)[C@H](CSc1ccccc1)NC(=O)OC(C)(C)C. The Kier molecular flexibility index (Phi) is 9.11. The van der Waals surface area contributed by atoms with E-state index < -0.39 is 23.3 Å². The van der Waals surface area contributed by atoms with Gasteiger partial charge >= 0.3 is 6.09 Å². The quantitative estimate of drug-likeness (QED) is 0.530. The van der Waals surface area contributed by atoms with Gasteiger partial charge in [-0.2, -0.15) is 0 Å². The predicted octanol–water partition coefficient (Wildman–Crippen LogP) is 5.01. The number of carbonyl (C=O) groups excluding carboxylic acids is 3. The van der Waals surface area contributed by atoms with Crippen molar-refractivity contribution in [3.63, 3.8) is 0 Å². The summed E-state index contributed by atoms with van der Waals surface area (Å²) in [4.78, 5) is 39.4. The molecule has 0 spiro atoms. The Morgan fingerprint density at radius 2 is 1.52 bits per heavy atom. The van der Waals surface area contributed by atoms with Crippen LogP contribution in [0.2, 0.25) is 0 Å². The standard InChI is InChI=1S/C26H34N2O4S/c1-25(2,3)28-23(30)20-15-11-10-12-18(20)16-22(29)21(27-24(31)32-26(4,5)6)17-33-19-13-8-7-9-14-19/h7-15,21H,16-17H2,1-6H3,(H,27,31)(H,28,30)/t21-/m0/s1. The second kappa shape index (κ2) is 11.4. The molecule has 7 heteroatoms. The van der Waals surface area contributed by atoms with Crippen molar-refractivity contribution in [1.29, 1.82) is 0 Å². The number of hydrogen-bond acceptors (Lipinski definition) is 5. The highest BCUT2D eigenvalue weighted by Gasteiger charge is 2.26. The summed E-state index contributed by atoms with van der Waals surface area (Å²) < 4.78 is 5.36. The number of ether oxygens (including phenoxy) is 1. The Labute approximate surface area is 200 Å². The molecular formula is C26H34N2O4S. The number of thioether (sulfide) groups is 1. The van der Waals surface area contributed by atoms with E-state index in [1.54, 1.807) is 45.0 Å². The average Bonchev–Trinajstić information content (AvgIpc) is 2.69. The number of Topliss-reactive ketones (excluding diaryl/α,β-unsaturated/α-hetero) is 1. The molecule has 0 aliphatic carbocycles. The molecule has 0 radical (unpaired) electrons. The number of hydrogen-bond donors (Lipinski definition) is 2. The lowest BCUT2D eigenvalue weighted by molar-refractivity contribution is -0.120.